The maximum Gasteiger partial charge on any atom is 0.254 e. The van der Waals surface area contributed by atoms with Crippen LogP contribution in [-0.4, -0.2) is 47.3 Å². The molecule has 0 bridgehead atoms. The first-order valence-electron chi connectivity index (χ1n) is 6.81. The molecule has 0 fully saturated rings. The second-order valence-corrected chi connectivity index (χ2v) is 5.26. The molecule has 0 spiro atoms. The third-order valence-electron chi connectivity index (χ3n) is 2.73. The van der Waals surface area contributed by atoms with E-state index in [2.05, 4.69) is 18.8 Å². The molecule has 0 radical (unpaired) electrons. The van der Waals surface area contributed by atoms with Gasteiger partial charge in [0.05, 0.1) is 23.7 Å². The van der Waals surface area contributed by atoms with Gasteiger partial charge in [-0.3, -0.25) is 4.79 Å². The Morgan fingerprint density at radius 3 is 2.80 bits per heavy atom. The minimum absolute atomic E-state index is 0.0250. The molecular formula is C15H21NO3S. The summed E-state index contributed by atoms with van der Waals surface area (Å²) in [4.78, 5) is 14.8. The van der Waals surface area contributed by atoms with Gasteiger partial charge in [0.1, 0.15) is 0 Å². The van der Waals surface area contributed by atoms with Crippen LogP contribution in [0.5, 0.6) is 0 Å². The van der Waals surface area contributed by atoms with E-state index in [9.17, 15) is 4.79 Å². The van der Waals surface area contributed by atoms with Crippen molar-refractivity contribution in [2.75, 3.05) is 26.3 Å². The van der Waals surface area contributed by atoms with Gasteiger partial charge in [-0.2, -0.15) is 0 Å². The highest BCUT2D eigenvalue weighted by atomic mass is 32.1. The van der Waals surface area contributed by atoms with Crippen LogP contribution in [0.2, 0.25) is 0 Å². The van der Waals surface area contributed by atoms with E-state index in [0.717, 1.165) is 17.7 Å². The largest absolute Gasteiger partial charge is 0.395 e. The Kier molecular flexibility index (Phi) is 7.97. The fourth-order valence-electron chi connectivity index (χ4n) is 1.69. The van der Waals surface area contributed by atoms with Crippen molar-refractivity contribution in [3.8, 4) is 11.8 Å². The summed E-state index contributed by atoms with van der Waals surface area (Å²) >= 11 is 1.42. The van der Waals surface area contributed by atoms with Gasteiger partial charge < -0.3 is 15.1 Å². The van der Waals surface area contributed by atoms with E-state index in [1.165, 1.54) is 11.3 Å². The summed E-state index contributed by atoms with van der Waals surface area (Å²) in [6, 6.07) is 1.77. The van der Waals surface area contributed by atoms with Crippen molar-refractivity contribution >= 4 is 17.2 Å². The third-order valence-corrected chi connectivity index (χ3v) is 3.58. The lowest BCUT2D eigenvalue weighted by Crippen LogP contribution is -2.34. The second-order valence-electron chi connectivity index (χ2n) is 4.34. The highest BCUT2D eigenvalue weighted by Gasteiger charge is 2.16. The fraction of sp³-hybridized carbons (Fsp3) is 0.533. The number of nitrogens with zero attached hydrogens (tertiary/aromatic N) is 1. The zero-order chi connectivity index (χ0) is 14.8. The molecule has 0 unspecified atom stereocenters. The summed E-state index contributed by atoms with van der Waals surface area (Å²) in [5, 5.41) is 19.5. The Morgan fingerprint density at radius 1 is 1.35 bits per heavy atom. The summed E-state index contributed by atoms with van der Waals surface area (Å²) in [7, 11) is 0. The fourth-order valence-corrected chi connectivity index (χ4v) is 2.44. The lowest BCUT2D eigenvalue weighted by atomic mass is 10.2. The number of carbonyl (C=O) groups excluding carboxylic acids is 1. The first-order chi connectivity index (χ1) is 9.72. The molecule has 2 N–H and O–H groups in total. The molecule has 4 nitrogen and oxygen atoms in total. The van der Waals surface area contributed by atoms with Gasteiger partial charge in [-0.1, -0.05) is 25.2 Å². The Bertz CT molecular complexity index is 473. The number of aliphatic hydroxyl groups is 2. The van der Waals surface area contributed by atoms with E-state index in [1.807, 2.05) is 0 Å². The van der Waals surface area contributed by atoms with Gasteiger partial charge in [0.2, 0.25) is 0 Å². The van der Waals surface area contributed by atoms with Crippen molar-refractivity contribution in [1.29, 1.82) is 0 Å². The van der Waals surface area contributed by atoms with Gasteiger partial charge in [0.15, 0.2) is 0 Å². The zero-order valence-electron chi connectivity index (χ0n) is 11.8. The van der Waals surface area contributed by atoms with E-state index in [-0.39, 0.29) is 19.1 Å². The van der Waals surface area contributed by atoms with Crippen molar-refractivity contribution in [1.82, 2.24) is 4.90 Å². The summed E-state index contributed by atoms with van der Waals surface area (Å²) in [5.74, 6) is 5.70. The van der Waals surface area contributed by atoms with E-state index in [4.69, 9.17) is 10.2 Å². The van der Waals surface area contributed by atoms with Crippen LogP contribution in [0.3, 0.4) is 0 Å². The lowest BCUT2D eigenvalue weighted by Gasteiger charge is -2.20. The molecular weight excluding hydrogens is 274 g/mol. The van der Waals surface area contributed by atoms with Crippen LogP contribution in [0.4, 0.5) is 0 Å². The average Bonchev–Trinajstić information content (AvgIpc) is 2.92. The van der Waals surface area contributed by atoms with Crippen molar-refractivity contribution in [3.63, 3.8) is 0 Å². The van der Waals surface area contributed by atoms with E-state index in [1.54, 1.807) is 16.3 Å². The molecule has 0 aliphatic heterocycles. The number of amides is 1. The van der Waals surface area contributed by atoms with Gasteiger partial charge in [-0.15, -0.1) is 11.3 Å². The Morgan fingerprint density at radius 2 is 2.15 bits per heavy atom. The number of aliphatic hydroxyl groups excluding tert-OH is 2. The normalized spacial score (nSPS) is 9.95. The molecule has 0 aliphatic carbocycles. The highest BCUT2D eigenvalue weighted by molar-refractivity contribution is 7.10. The molecule has 1 rings (SSSR count). The maximum absolute atomic E-state index is 12.3. The van der Waals surface area contributed by atoms with Gasteiger partial charge in [0.25, 0.3) is 5.91 Å². The third kappa shape index (κ3) is 5.33. The number of rotatable bonds is 7. The summed E-state index contributed by atoms with van der Waals surface area (Å²) < 4.78 is 0. The van der Waals surface area contributed by atoms with Gasteiger partial charge in [-0.05, 0) is 12.5 Å². The van der Waals surface area contributed by atoms with Crippen molar-refractivity contribution in [2.24, 2.45) is 0 Å². The molecule has 0 aromatic carbocycles. The number of thiophene rings is 1. The molecule has 0 atom stereocenters. The molecule has 5 heteroatoms. The quantitative estimate of drug-likeness (QED) is 0.753. The number of unbranched alkanes of at least 4 members (excludes halogenated alkanes) is 1. The van der Waals surface area contributed by atoms with Crippen LogP contribution >= 0.6 is 11.3 Å². The SMILES string of the molecule is CCCCN(CCO)C(=O)c1csc(C#CCCO)c1. The molecule has 20 heavy (non-hydrogen) atoms. The van der Waals surface area contributed by atoms with Crippen molar-refractivity contribution in [3.05, 3.63) is 21.9 Å². The maximum atomic E-state index is 12.3. The van der Waals surface area contributed by atoms with Gasteiger partial charge >= 0.3 is 0 Å². The average molecular weight is 295 g/mol. The summed E-state index contributed by atoms with van der Waals surface area (Å²) in [5.41, 5.74) is 0.618. The van der Waals surface area contributed by atoms with Crippen LogP contribution in [-0.2, 0) is 0 Å². The van der Waals surface area contributed by atoms with Crippen LogP contribution in [0.25, 0.3) is 0 Å². The first-order valence-corrected chi connectivity index (χ1v) is 7.69. The Balaban J connectivity index is 2.72. The predicted octanol–water partition coefficient (Wildman–Crippen LogP) is 1.72. The minimum Gasteiger partial charge on any atom is -0.395 e. The van der Waals surface area contributed by atoms with E-state index < -0.39 is 0 Å². The molecule has 1 heterocycles. The smallest absolute Gasteiger partial charge is 0.254 e. The number of carbonyl (C=O) groups is 1. The van der Waals surface area contributed by atoms with E-state index >= 15 is 0 Å². The second kappa shape index (κ2) is 9.54. The van der Waals surface area contributed by atoms with Crippen molar-refractivity contribution in [2.45, 2.75) is 26.2 Å². The molecule has 1 amide bonds. The van der Waals surface area contributed by atoms with Gasteiger partial charge in [0, 0.05) is 24.9 Å². The molecule has 0 saturated heterocycles. The van der Waals surface area contributed by atoms with Gasteiger partial charge in [-0.25, -0.2) is 0 Å². The molecule has 0 aliphatic rings. The summed E-state index contributed by atoms with van der Waals surface area (Å²) in [6.45, 7) is 3.12. The molecule has 0 saturated carbocycles. The minimum atomic E-state index is -0.0565. The van der Waals surface area contributed by atoms with E-state index in [0.29, 0.717) is 25.1 Å². The van der Waals surface area contributed by atoms with Crippen LogP contribution in [0, 0.1) is 11.8 Å². The Labute approximate surface area is 124 Å². The lowest BCUT2D eigenvalue weighted by molar-refractivity contribution is 0.0720. The Hall–Kier alpha value is -1.35. The van der Waals surface area contributed by atoms with Crippen LogP contribution in [0.1, 0.15) is 41.4 Å². The first kappa shape index (κ1) is 16.7. The standard InChI is InChI=1S/C15H21NO3S/c1-2-3-7-16(8-10-18)15(19)13-11-14(20-12-13)6-4-5-9-17/h11-12,17-18H,2-3,5,7-10H2,1H3. The molecule has 1 aromatic rings. The number of hydrogen-bond acceptors (Lipinski definition) is 4. The topological polar surface area (TPSA) is 60.8 Å². The van der Waals surface area contributed by atoms with Crippen molar-refractivity contribution < 1.29 is 15.0 Å². The summed E-state index contributed by atoms with van der Waals surface area (Å²) in [6.07, 6.45) is 2.38. The van der Waals surface area contributed by atoms with Crippen LogP contribution in [0.15, 0.2) is 11.4 Å². The number of hydrogen-bond donors (Lipinski definition) is 2. The zero-order valence-corrected chi connectivity index (χ0v) is 12.6. The molecule has 110 valence electrons. The van der Waals surface area contributed by atoms with Crippen LogP contribution < -0.4 is 0 Å². The predicted molar refractivity (Wildman–Crippen MR) is 80.8 cm³/mol. The highest BCUT2D eigenvalue weighted by Crippen LogP contribution is 2.16. The molecule has 1 aromatic heterocycles. The monoisotopic (exact) mass is 295 g/mol.